The Morgan fingerprint density at radius 1 is 1.03 bits per heavy atom. The second kappa shape index (κ2) is 8.46. The lowest BCUT2D eigenvalue weighted by molar-refractivity contribution is 0.101. The molecule has 4 rings (SSSR count). The molecule has 0 saturated carbocycles. The van der Waals surface area contributed by atoms with Crippen LogP contribution in [0.4, 0.5) is 10.8 Å². The van der Waals surface area contributed by atoms with Crippen molar-refractivity contribution >= 4 is 68.2 Å². The van der Waals surface area contributed by atoms with E-state index in [4.69, 9.17) is 11.6 Å². The van der Waals surface area contributed by atoms with Gasteiger partial charge >= 0.3 is 0 Å². The molecule has 146 valence electrons. The molecule has 29 heavy (non-hydrogen) atoms. The molecular weight excluding hydrogens is 446 g/mol. The molecule has 0 fully saturated rings. The first-order valence-electron chi connectivity index (χ1n) is 8.48. The molecule has 2 N–H and O–H groups in total. The number of carbonyl (C=O) groups is 2. The lowest BCUT2D eigenvalue weighted by Crippen LogP contribution is -2.14. The number of thiazole rings is 1. The van der Waals surface area contributed by atoms with Crippen LogP contribution in [0.2, 0.25) is 5.02 Å². The third-order valence-electron chi connectivity index (χ3n) is 3.94. The maximum atomic E-state index is 12.6. The average molecular weight is 460 g/mol. The zero-order valence-electron chi connectivity index (χ0n) is 15.1. The fraction of sp³-hybridized carbons (Fsp3) is 0.0500. The Bertz CT molecular complexity index is 1180. The van der Waals surface area contributed by atoms with Crippen molar-refractivity contribution < 1.29 is 9.59 Å². The summed E-state index contributed by atoms with van der Waals surface area (Å²) in [4.78, 5) is 32.2. The minimum absolute atomic E-state index is 0.268. The Balaban J connectivity index is 1.49. The van der Waals surface area contributed by atoms with Gasteiger partial charge in [-0.05, 0) is 48.7 Å². The van der Waals surface area contributed by atoms with Crippen molar-refractivity contribution in [3.8, 4) is 10.6 Å². The topological polar surface area (TPSA) is 71.1 Å². The van der Waals surface area contributed by atoms with Crippen LogP contribution in [0.1, 0.15) is 24.9 Å². The van der Waals surface area contributed by atoms with Gasteiger partial charge < -0.3 is 5.32 Å². The highest BCUT2D eigenvalue weighted by Crippen LogP contribution is 2.31. The molecule has 1 aromatic carbocycles. The quantitative estimate of drug-likeness (QED) is 0.362. The van der Waals surface area contributed by atoms with E-state index in [9.17, 15) is 9.59 Å². The second-order valence-corrected chi connectivity index (χ2v) is 9.53. The first kappa shape index (κ1) is 19.8. The van der Waals surface area contributed by atoms with Gasteiger partial charge in [0.05, 0.1) is 26.2 Å². The van der Waals surface area contributed by atoms with Crippen LogP contribution in [-0.2, 0) is 0 Å². The van der Waals surface area contributed by atoms with Gasteiger partial charge in [0.2, 0.25) is 0 Å². The minimum atomic E-state index is -0.323. The lowest BCUT2D eigenvalue weighted by Gasteiger charge is -2.09. The number of thiophene rings is 2. The van der Waals surface area contributed by atoms with Crippen LogP contribution >= 0.6 is 45.6 Å². The highest BCUT2D eigenvalue weighted by molar-refractivity contribution is 7.17. The maximum Gasteiger partial charge on any atom is 0.265 e. The van der Waals surface area contributed by atoms with E-state index >= 15 is 0 Å². The number of aromatic nitrogens is 1. The van der Waals surface area contributed by atoms with Gasteiger partial charge in [-0.3, -0.25) is 14.9 Å². The summed E-state index contributed by atoms with van der Waals surface area (Å²) in [6.45, 7) is 2.04. The summed E-state index contributed by atoms with van der Waals surface area (Å²) in [5, 5.41) is 10.1. The summed E-state index contributed by atoms with van der Waals surface area (Å²) >= 11 is 10.5. The number of halogens is 1. The van der Waals surface area contributed by atoms with Crippen molar-refractivity contribution in [1.29, 1.82) is 0 Å². The second-order valence-electron chi connectivity index (χ2n) is 6.03. The van der Waals surface area contributed by atoms with Crippen molar-refractivity contribution in [3.63, 3.8) is 0 Å². The van der Waals surface area contributed by atoms with Crippen molar-refractivity contribution in [2.24, 2.45) is 0 Å². The first-order chi connectivity index (χ1) is 14.0. The number of hydrogen-bond acceptors (Lipinski definition) is 6. The Hall–Kier alpha value is -2.52. The fourth-order valence-electron chi connectivity index (χ4n) is 2.54. The van der Waals surface area contributed by atoms with Crippen molar-refractivity contribution in [2.45, 2.75) is 6.92 Å². The lowest BCUT2D eigenvalue weighted by atomic mass is 10.2. The molecule has 0 spiro atoms. The largest absolute Gasteiger partial charge is 0.320 e. The summed E-state index contributed by atoms with van der Waals surface area (Å²) in [5.41, 5.74) is 1.59. The molecular formula is C20H14ClN3O2S3. The van der Waals surface area contributed by atoms with Crippen LogP contribution in [0.25, 0.3) is 10.6 Å². The molecule has 0 aliphatic rings. The number of amides is 2. The van der Waals surface area contributed by atoms with Crippen LogP contribution < -0.4 is 10.6 Å². The normalized spacial score (nSPS) is 10.7. The summed E-state index contributed by atoms with van der Waals surface area (Å²) in [6.07, 6.45) is 0. The van der Waals surface area contributed by atoms with Crippen molar-refractivity contribution in [2.75, 3.05) is 10.6 Å². The van der Waals surface area contributed by atoms with E-state index < -0.39 is 0 Å². The number of nitrogens with one attached hydrogen (secondary N) is 2. The number of aryl methyl sites for hydroxylation is 1. The Morgan fingerprint density at radius 3 is 2.62 bits per heavy atom. The average Bonchev–Trinajstić information content (AvgIpc) is 3.45. The summed E-state index contributed by atoms with van der Waals surface area (Å²) in [7, 11) is 0. The molecule has 0 unspecified atom stereocenters. The summed E-state index contributed by atoms with van der Waals surface area (Å²) in [5.74, 6) is -0.591. The molecule has 3 heterocycles. The van der Waals surface area contributed by atoms with Crippen LogP contribution in [0.3, 0.4) is 0 Å². The van der Waals surface area contributed by atoms with Gasteiger partial charge in [0.1, 0.15) is 0 Å². The molecule has 0 radical (unpaired) electrons. The monoisotopic (exact) mass is 459 g/mol. The summed E-state index contributed by atoms with van der Waals surface area (Å²) < 4.78 is 0. The standard InChI is InChI=1S/C20H14ClN3O2S3/c1-11-4-7-16(29-11)15-10-28-20(23-15)24-18(25)12-5-6-13(21)14(9-12)22-19(26)17-3-2-8-27-17/h2-10H,1H3,(H,22,26)(H,23,24,25). The highest BCUT2D eigenvalue weighted by atomic mass is 35.5. The van der Waals surface area contributed by atoms with E-state index in [1.54, 1.807) is 41.7 Å². The molecule has 0 aliphatic heterocycles. The third kappa shape index (κ3) is 4.56. The number of hydrogen-bond donors (Lipinski definition) is 2. The minimum Gasteiger partial charge on any atom is -0.320 e. The predicted octanol–water partition coefficient (Wildman–Crippen LogP) is 6.40. The zero-order valence-corrected chi connectivity index (χ0v) is 18.3. The van der Waals surface area contributed by atoms with E-state index in [0.29, 0.717) is 26.3 Å². The Kier molecular flexibility index (Phi) is 5.77. The fourth-order valence-corrected chi connectivity index (χ4v) is 4.93. The van der Waals surface area contributed by atoms with Crippen molar-refractivity contribution in [1.82, 2.24) is 4.98 Å². The molecule has 0 saturated heterocycles. The predicted molar refractivity (Wildman–Crippen MR) is 122 cm³/mol. The molecule has 5 nitrogen and oxygen atoms in total. The smallest absolute Gasteiger partial charge is 0.265 e. The number of rotatable bonds is 5. The number of nitrogens with zero attached hydrogens (tertiary/aromatic N) is 1. The molecule has 9 heteroatoms. The number of benzene rings is 1. The van der Waals surface area contributed by atoms with Gasteiger partial charge in [-0.25, -0.2) is 4.98 Å². The van der Waals surface area contributed by atoms with Gasteiger partial charge in [-0.15, -0.1) is 34.0 Å². The maximum absolute atomic E-state index is 12.6. The van der Waals surface area contributed by atoms with Gasteiger partial charge in [-0.1, -0.05) is 17.7 Å². The number of anilines is 2. The van der Waals surface area contributed by atoms with Gasteiger partial charge in [-0.2, -0.15) is 0 Å². The SMILES string of the molecule is Cc1ccc(-c2csc(NC(=O)c3ccc(Cl)c(NC(=O)c4cccs4)c3)n2)s1. The van der Waals surface area contributed by atoms with Crippen LogP contribution in [0.5, 0.6) is 0 Å². The van der Waals surface area contributed by atoms with E-state index in [0.717, 1.165) is 10.6 Å². The number of carbonyl (C=O) groups excluding carboxylic acids is 2. The van der Waals surface area contributed by atoms with Crippen LogP contribution in [0.15, 0.2) is 53.2 Å². The van der Waals surface area contributed by atoms with E-state index in [2.05, 4.69) is 15.6 Å². The highest BCUT2D eigenvalue weighted by Gasteiger charge is 2.15. The van der Waals surface area contributed by atoms with Gasteiger partial charge in [0.15, 0.2) is 5.13 Å². The van der Waals surface area contributed by atoms with Gasteiger partial charge in [0.25, 0.3) is 11.8 Å². The summed E-state index contributed by atoms with van der Waals surface area (Å²) in [6, 6.07) is 12.3. The zero-order chi connectivity index (χ0) is 20.4. The van der Waals surface area contributed by atoms with E-state index in [1.165, 1.54) is 27.6 Å². The Labute approximate surface area is 184 Å². The molecule has 3 aromatic heterocycles. The molecule has 0 aliphatic carbocycles. The van der Waals surface area contributed by atoms with E-state index in [1.807, 2.05) is 29.8 Å². The molecule has 4 aromatic rings. The van der Waals surface area contributed by atoms with Crippen molar-refractivity contribution in [3.05, 3.63) is 73.6 Å². The third-order valence-corrected chi connectivity index (χ3v) is 6.92. The van der Waals surface area contributed by atoms with Crippen LogP contribution in [-0.4, -0.2) is 16.8 Å². The Morgan fingerprint density at radius 2 is 1.90 bits per heavy atom. The van der Waals surface area contributed by atoms with Crippen LogP contribution in [0, 0.1) is 6.92 Å². The molecule has 2 amide bonds. The first-order valence-corrected chi connectivity index (χ1v) is 11.4. The van der Waals surface area contributed by atoms with E-state index in [-0.39, 0.29) is 11.8 Å². The van der Waals surface area contributed by atoms with Gasteiger partial charge in [0, 0.05) is 15.8 Å². The molecule has 0 bridgehead atoms. The molecule has 0 atom stereocenters.